The Hall–Kier alpha value is -7.37. The van der Waals surface area contributed by atoms with Gasteiger partial charge in [-0.2, -0.15) is 0 Å². The summed E-state index contributed by atoms with van der Waals surface area (Å²) in [4.78, 5) is 0. The molecule has 1 aromatic heterocycles. The van der Waals surface area contributed by atoms with Crippen molar-refractivity contribution in [3.05, 3.63) is 222 Å². The molecule has 0 amide bonds. The Kier molecular flexibility index (Phi) is 7.56. The summed E-state index contributed by atoms with van der Waals surface area (Å²) in [5, 5.41) is 9.98. The van der Waals surface area contributed by atoms with Crippen LogP contribution in [0.15, 0.2) is 199 Å². The van der Waals surface area contributed by atoms with Gasteiger partial charge in [0.2, 0.25) is 0 Å². The molecular formula is C51H36N4O. The van der Waals surface area contributed by atoms with Crippen molar-refractivity contribution in [2.24, 2.45) is 0 Å². The lowest BCUT2D eigenvalue weighted by molar-refractivity contribution is -0.380. The van der Waals surface area contributed by atoms with Crippen LogP contribution in [-0.4, -0.2) is 10.5 Å². The largest absolute Gasteiger partial charge is 0.478 e. The van der Waals surface area contributed by atoms with Gasteiger partial charge in [0.1, 0.15) is 16.9 Å². The molecule has 3 heterocycles. The number of anilines is 1. The molecular weight excluding hydrogens is 685 g/mol. The topological polar surface area (TPSA) is 54.3 Å². The molecule has 8 aromatic carbocycles. The fraction of sp³-hybridized carbons (Fsp3) is 0.0392. The first kappa shape index (κ1) is 32.1. The first-order chi connectivity index (χ1) is 27.8. The number of furan rings is 1. The minimum absolute atomic E-state index is 0.0180. The quantitative estimate of drug-likeness (QED) is 0.168. The maximum absolute atomic E-state index is 6.39. The van der Waals surface area contributed by atoms with E-state index in [1.165, 1.54) is 33.4 Å². The summed E-state index contributed by atoms with van der Waals surface area (Å²) in [5.74, 6) is 0.924. The number of benzene rings is 8. The smallest absolute Gasteiger partial charge is 0.272 e. The summed E-state index contributed by atoms with van der Waals surface area (Å²) in [6.07, 6.45) is -0.248. The monoisotopic (exact) mass is 720 g/mol. The van der Waals surface area contributed by atoms with Gasteiger partial charge >= 0.3 is 0 Å². The second-order valence-corrected chi connectivity index (χ2v) is 14.4. The van der Waals surface area contributed by atoms with Gasteiger partial charge in [0.15, 0.2) is 0 Å². The zero-order chi connectivity index (χ0) is 37.0. The first-order valence-corrected chi connectivity index (χ1v) is 19.1. The first-order valence-electron chi connectivity index (χ1n) is 19.1. The van der Waals surface area contributed by atoms with E-state index in [4.69, 9.17) is 9.84 Å². The molecule has 2 unspecified atom stereocenters. The van der Waals surface area contributed by atoms with Crippen molar-refractivity contribution in [1.82, 2.24) is 5.32 Å². The maximum Gasteiger partial charge on any atom is 0.272 e. The fourth-order valence-corrected chi connectivity index (χ4v) is 8.47. The number of hydrogen-bond donors (Lipinski definition) is 2. The van der Waals surface area contributed by atoms with Crippen molar-refractivity contribution in [3.63, 3.8) is 0 Å². The van der Waals surface area contributed by atoms with Gasteiger partial charge in [0, 0.05) is 33.7 Å². The number of nitrogens with zero attached hydrogens (tertiary/aromatic N) is 2. The van der Waals surface area contributed by atoms with E-state index < -0.39 is 0 Å². The summed E-state index contributed by atoms with van der Waals surface area (Å²) >= 11 is 0. The third kappa shape index (κ3) is 5.36. The fourth-order valence-electron chi connectivity index (χ4n) is 8.47. The third-order valence-electron chi connectivity index (χ3n) is 11.1. The van der Waals surface area contributed by atoms with Gasteiger partial charge in [0.25, 0.3) is 5.84 Å². The lowest BCUT2D eigenvalue weighted by Crippen LogP contribution is -2.25. The lowest BCUT2D eigenvalue weighted by atomic mass is 9.82. The van der Waals surface area contributed by atoms with Crippen LogP contribution in [0.25, 0.3) is 60.7 Å². The number of rotatable bonds is 6. The Labute approximate surface area is 325 Å². The van der Waals surface area contributed by atoms with Gasteiger partial charge < -0.3 is 15.2 Å². The molecule has 2 N–H and O–H groups in total. The van der Waals surface area contributed by atoms with Gasteiger partial charge in [-0.25, -0.2) is 0 Å². The van der Waals surface area contributed by atoms with Crippen LogP contribution in [-0.2, 0) is 0 Å². The van der Waals surface area contributed by atoms with E-state index >= 15 is 0 Å². The van der Waals surface area contributed by atoms with Crippen molar-refractivity contribution in [1.29, 1.82) is 0 Å². The highest BCUT2D eigenvalue weighted by Crippen LogP contribution is 2.49. The second-order valence-electron chi connectivity index (χ2n) is 14.4. The highest BCUT2D eigenvalue weighted by Gasteiger charge is 2.30. The van der Waals surface area contributed by atoms with E-state index in [-0.39, 0.29) is 12.2 Å². The van der Waals surface area contributed by atoms with Gasteiger partial charge in [0.05, 0.1) is 17.8 Å². The van der Waals surface area contributed by atoms with Crippen LogP contribution in [0, 0.1) is 0 Å². The minimum atomic E-state index is -0.248. The molecule has 0 fully saturated rings. The highest BCUT2D eigenvalue weighted by molar-refractivity contribution is 6.09. The molecule has 11 rings (SSSR count). The van der Waals surface area contributed by atoms with E-state index in [1.807, 2.05) is 18.2 Å². The van der Waals surface area contributed by atoms with Crippen LogP contribution in [0.3, 0.4) is 0 Å². The van der Waals surface area contributed by atoms with Gasteiger partial charge in [-0.15, -0.1) is 0 Å². The van der Waals surface area contributed by atoms with E-state index in [0.29, 0.717) is 0 Å². The Balaban J connectivity index is 1.03. The normalized spacial score (nSPS) is 15.9. The molecule has 9 aromatic rings. The third-order valence-corrected chi connectivity index (χ3v) is 11.1. The predicted molar refractivity (Wildman–Crippen MR) is 228 cm³/mol. The van der Waals surface area contributed by atoms with Crippen LogP contribution < -0.4 is 10.6 Å². The van der Waals surface area contributed by atoms with Crippen LogP contribution in [0.5, 0.6) is 0 Å². The standard InChI is InChI=1S/C51H36N4O/c1-4-14-33(15-5-1)39-21-12-24-44-47(39)43-31-30-38(32-45(43)52-48(44)35-16-6-2-7-17-35)55-51(53-50(54-55)36-18-8-3-9-19-36)37-28-26-34(27-29-37)40-22-13-23-42-41-20-10-11-25-46(41)56-49(40)42/h1-32,48,50,52-53H. The minimum Gasteiger partial charge on any atom is -0.478 e. The lowest BCUT2D eigenvalue weighted by Gasteiger charge is -2.32. The molecule has 5 nitrogen and oxygen atoms in total. The van der Waals surface area contributed by atoms with Crippen molar-refractivity contribution in [2.75, 3.05) is 5.32 Å². The molecule has 0 saturated heterocycles. The zero-order valence-corrected chi connectivity index (χ0v) is 30.4. The van der Waals surface area contributed by atoms with Crippen molar-refractivity contribution in [2.45, 2.75) is 12.2 Å². The number of fused-ring (bicyclic) bond motifs is 6. The Bertz CT molecular complexity index is 2930. The van der Waals surface area contributed by atoms with Crippen molar-refractivity contribution in [3.8, 4) is 33.4 Å². The number of amidine groups is 1. The van der Waals surface area contributed by atoms with E-state index in [0.717, 1.165) is 61.4 Å². The predicted octanol–water partition coefficient (Wildman–Crippen LogP) is 12.8. The Morgan fingerprint density at radius 2 is 1.12 bits per heavy atom. The van der Waals surface area contributed by atoms with Crippen LogP contribution in [0.2, 0.25) is 0 Å². The average Bonchev–Trinajstić information content (AvgIpc) is 3.90. The molecule has 56 heavy (non-hydrogen) atoms. The van der Waals surface area contributed by atoms with Crippen LogP contribution in [0.1, 0.15) is 34.5 Å². The summed E-state index contributed by atoms with van der Waals surface area (Å²) in [6, 6.07) is 68.6. The zero-order valence-electron chi connectivity index (χ0n) is 30.4. The highest BCUT2D eigenvalue weighted by atomic mass is 16.3. The number of para-hydroxylation sites is 2. The average molecular weight is 721 g/mol. The maximum atomic E-state index is 6.39. The molecule has 0 spiro atoms. The van der Waals surface area contributed by atoms with Crippen LogP contribution in [0.4, 0.5) is 11.4 Å². The molecule has 5 heteroatoms. The Morgan fingerprint density at radius 3 is 1.93 bits per heavy atom. The van der Waals surface area contributed by atoms with Gasteiger partial charge in [-0.1, -0.05) is 158 Å². The molecule has 0 saturated carbocycles. The summed E-state index contributed by atoms with van der Waals surface area (Å²) in [5.41, 5.74) is 20.8. The second kappa shape index (κ2) is 13.2. The Morgan fingerprint density at radius 1 is 0.482 bits per heavy atom. The van der Waals surface area contributed by atoms with E-state index in [2.05, 4.69) is 191 Å². The molecule has 2 atom stereocenters. The summed E-state index contributed by atoms with van der Waals surface area (Å²) in [7, 11) is 0. The van der Waals surface area contributed by atoms with Gasteiger partial charge in [-0.05, 0) is 69.3 Å². The SMILES string of the molecule is c1ccc(-c2cccc3c2-c2ccc([N+]4=C(c5ccc(-c6cccc7c6oc6ccccc67)cc5)NC(c5ccccc5)[N-]4)cc2NC3c2ccccc2)cc1. The van der Waals surface area contributed by atoms with Crippen molar-refractivity contribution >= 4 is 39.1 Å². The van der Waals surface area contributed by atoms with Crippen LogP contribution >= 0.6 is 0 Å². The number of nitrogens with one attached hydrogen (secondary N) is 2. The molecule has 0 radical (unpaired) electrons. The molecule has 266 valence electrons. The number of hydrogen-bond acceptors (Lipinski definition) is 3. The molecule has 2 aliphatic rings. The molecule has 0 bridgehead atoms. The van der Waals surface area contributed by atoms with E-state index in [1.54, 1.807) is 0 Å². The van der Waals surface area contributed by atoms with Gasteiger partial charge in [-0.3, -0.25) is 10.0 Å². The summed E-state index contributed by atoms with van der Waals surface area (Å²) in [6.45, 7) is 0. The van der Waals surface area contributed by atoms with E-state index in [9.17, 15) is 0 Å². The van der Waals surface area contributed by atoms with Crippen molar-refractivity contribution < 1.29 is 9.10 Å². The molecule has 0 aliphatic carbocycles. The molecule has 2 aliphatic heterocycles. The summed E-state index contributed by atoms with van der Waals surface area (Å²) < 4.78 is 8.47.